The molecule has 0 radical (unpaired) electrons. The van der Waals surface area contributed by atoms with Crippen molar-refractivity contribution in [2.24, 2.45) is 0 Å². The van der Waals surface area contributed by atoms with Crippen LogP contribution in [0.15, 0.2) is 28.7 Å². The zero-order chi connectivity index (χ0) is 13.3. The molecule has 2 aromatic rings. The van der Waals surface area contributed by atoms with Crippen LogP contribution in [0.2, 0.25) is 0 Å². The first-order valence-electron chi connectivity index (χ1n) is 6.29. The molecule has 18 heavy (non-hydrogen) atoms. The molecule has 0 bridgehead atoms. The topological polar surface area (TPSA) is 33.4 Å². The molecule has 0 saturated carbocycles. The number of benzene rings is 1. The molecule has 1 heterocycles. The van der Waals surface area contributed by atoms with E-state index >= 15 is 0 Å². The molecule has 0 aliphatic heterocycles. The van der Waals surface area contributed by atoms with Gasteiger partial charge >= 0.3 is 0 Å². The molecule has 1 aromatic heterocycles. The van der Waals surface area contributed by atoms with Gasteiger partial charge in [-0.1, -0.05) is 29.8 Å². The van der Waals surface area contributed by atoms with Crippen molar-refractivity contribution in [3.8, 4) is 0 Å². The number of hydrogen-bond donors (Lipinski definition) is 1. The van der Waals surface area contributed by atoms with Crippen molar-refractivity contribution < 1.29 is 9.52 Å². The summed E-state index contributed by atoms with van der Waals surface area (Å²) in [5.41, 5.74) is 4.38. The lowest BCUT2D eigenvalue weighted by Gasteiger charge is -2.11. The first kappa shape index (κ1) is 12.9. The number of hydrogen-bond acceptors (Lipinski definition) is 2. The van der Waals surface area contributed by atoms with E-state index in [-0.39, 0.29) is 0 Å². The van der Waals surface area contributed by atoms with Crippen LogP contribution in [0.3, 0.4) is 0 Å². The van der Waals surface area contributed by atoms with Gasteiger partial charge in [-0.05, 0) is 38.8 Å². The maximum Gasteiger partial charge on any atom is 0.107 e. The van der Waals surface area contributed by atoms with Crippen molar-refractivity contribution in [1.82, 2.24) is 0 Å². The van der Waals surface area contributed by atoms with Crippen molar-refractivity contribution in [2.45, 2.75) is 40.2 Å². The highest BCUT2D eigenvalue weighted by atomic mass is 16.3. The molecule has 0 saturated heterocycles. The van der Waals surface area contributed by atoms with Gasteiger partial charge in [0.25, 0.3) is 0 Å². The predicted octanol–water partition coefficient (Wildman–Crippen LogP) is 3.79. The molecule has 0 spiro atoms. The highest BCUT2D eigenvalue weighted by Crippen LogP contribution is 2.29. The van der Waals surface area contributed by atoms with Crippen molar-refractivity contribution in [2.75, 3.05) is 0 Å². The van der Waals surface area contributed by atoms with Crippen molar-refractivity contribution in [3.63, 3.8) is 0 Å². The Kier molecular flexibility index (Phi) is 3.58. The second-order valence-electron chi connectivity index (χ2n) is 4.96. The summed E-state index contributed by atoms with van der Waals surface area (Å²) in [6.45, 7) is 7.91. The van der Waals surface area contributed by atoms with Gasteiger partial charge in [0, 0.05) is 12.0 Å². The Hall–Kier alpha value is -1.54. The summed E-state index contributed by atoms with van der Waals surface area (Å²) in [5, 5.41) is 10.4. The van der Waals surface area contributed by atoms with Crippen LogP contribution in [-0.2, 0) is 6.42 Å². The van der Waals surface area contributed by atoms with E-state index in [1.807, 2.05) is 20.8 Å². The van der Waals surface area contributed by atoms with Gasteiger partial charge < -0.3 is 9.52 Å². The molecule has 1 atom stereocenters. The number of aryl methyl sites for hydroxylation is 3. The van der Waals surface area contributed by atoms with E-state index in [9.17, 15) is 5.11 Å². The molecule has 2 heteroatoms. The fraction of sp³-hybridized carbons (Fsp3) is 0.375. The van der Waals surface area contributed by atoms with Gasteiger partial charge in [-0.3, -0.25) is 0 Å². The van der Waals surface area contributed by atoms with Gasteiger partial charge in [-0.15, -0.1) is 0 Å². The molecular formula is C16H20O2. The van der Waals surface area contributed by atoms with Gasteiger partial charge in [0.2, 0.25) is 0 Å². The van der Waals surface area contributed by atoms with Crippen LogP contribution in [0.1, 0.15) is 39.9 Å². The van der Waals surface area contributed by atoms with Gasteiger partial charge in [-0.2, -0.15) is 0 Å². The molecule has 1 aromatic carbocycles. The van der Waals surface area contributed by atoms with Crippen LogP contribution >= 0.6 is 0 Å². The molecule has 0 fully saturated rings. The van der Waals surface area contributed by atoms with Crippen LogP contribution in [-0.4, -0.2) is 5.11 Å². The van der Waals surface area contributed by atoms with E-state index in [0.717, 1.165) is 28.2 Å². The van der Waals surface area contributed by atoms with Crippen molar-refractivity contribution in [1.29, 1.82) is 0 Å². The summed E-state index contributed by atoms with van der Waals surface area (Å²) in [6.07, 6.45) is 0.131. The fourth-order valence-corrected chi connectivity index (χ4v) is 2.35. The minimum Gasteiger partial charge on any atom is -0.466 e. The van der Waals surface area contributed by atoms with Crippen LogP contribution in [0.4, 0.5) is 0 Å². The lowest BCUT2D eigenvalue weighted by molar-refractivity contribution is 0.176. The highest BCUT2D eigenvalue weighted by molar-refractivity contribution is 5.34. The van der Waals surface area contributed by atoms with E-state index in [2.05, 4.69) is 31.2 Å². The number of rotatable bonds is 3. The Labute approximate surface area is 108 Å². The van der Waals surface area contributed by atoms with E-state index < -0.39 is 6.10 Å². The second kappa shape index (κ2) is 4.99. The second-order valence-corrected chi connectivity index (χ2v) is 4.96. The van der Waals surface area contributed by atoms with Crippen LogP contribution in [0.25, 0.3) is 0 Å². The Morgan fingerprint density at radius 3 is 2.11 bits per heavy atom. The highest BCUT2D eigenvalue weighted by Gasteiger charge is 2.19. The Morgan fingerprint density at radius 2 is 1.61 bits per heavy atom. The molecule has 2 rings (SSSR count). The average Bonchev–Trinajstić information content (AvgIpc) is 2.56. The third kappa shape index (κ3) is 2.49. The van der Waals surface area contributed by atoms with Crippen molar-refractivity contribution in [3.05, 3.63) is 58.0 Å². The average molecular weight is 244 g/mol. The molecule has 0 amide bonds. The number of aliphatic hydroxyl groups excluding tert-OH is 1. The lowest BCUT2D eigenvalue weighted by Crippen LogP contribution is -2.04. The van der Waals surface area contributed by atoms with Gasteiger partial charge in [0.1, 0.15) is 11.5 Å². The van der Waals surface area contributed by atoms with Gasteiger partial charge in [0.05, 0.1) is 6.10 Å². The minimum atomic E-state index is -0.495. The van der Waals surface area contributed by atoms with E-state index in [0.29, 0.717) is 6.42 Å². The maximum absolute atomic E-state index is 10.4. The number of aliphatic hydroxyl groups is 1. The molecule has 2 nitrogen and oxygen atoms in total. The predicted molar refractivity (Wildman–Crippen MR) is 72.8 cm³/mol. The molecule has 0 aliphatic carbocycles. The van der Waals surface area contributed by atoms with E-state index in [1.165, 1.54) is 5.56 Å². The van der Waals surface area contributed by atoms with E-state index in [4.69, 9.17) is 4.42 Å². The summed E-state index contributed by atoms with van der Waals surface area (Å²) in [4.78, 5) is 0. The molecule has 1 N–H and O–H groups in total. The smallest absolute Gasteiger partial charge is 0.107 e. The zero-order valence-electron chi connectivity index (χ0n) is 11.4. The lowest BCUT2D eigenvalue weighted by atomic mass is 9.98. The SMILES string of the molecule is Cc1ccc(CC(O)c2c(C)oc(C)c2C)cc1. The van der Waals surface area contributed by atoms with Gasteiger partial charge in [0.15, 0.2) is 0 Å². The summed E-state index contributed by atoms with van der Waals surface area (Å²) >= 11 is 0. The third-order valence-electron chi connectivity index (χ3n) is 3.50. The zero-order valence-corrected chi connectivity index (χ0v) is 11.4. The first-order chi connectivity index (χ1) is 8.49. The van der Waals surface area contributed by atoms with Crippen LogP contribution < -0.4 is 0 Å². The summed E-state index contributed by atoms with van der Waals surface area (Å²) < 4.78 is 5.56. The third-order valence-corrected chi connectivity index (χ3v) is 3.50. The molecule has 0 aliphatic rings. The molecule has 1 unspecified atom stereocenters. The Bertz CT molecular complexity index is 535. The standard InChI is InChI=1S/C16H20O2/c1-10-5-7-14(8-6-10)9-15(17)16-11(2)12(3)18-13(16)4/h5-8,15,17H,9H2,1-4H3. The fourth-order valence-electron chi connectivity index (χ4n) is 2.35. The monoisotopic (exact) mass is 244 g/mol. The Balaban J connectivity index is 2.21. The quantitative estimate of drug-likeness (QED) is 0.891. The summed E-state index contributed by atoms with van der Waals surface area (Å²) in [7, 11) is 0. The van der Waals surface area contributed by atoms with Crippen LogP contribution in [0, 0.1) is 27.7 Å². The minimum absolute atomic E-state index is 0.495. The van der Waals surface area contributed by atoms with Crippen LogP contribution in [0.5, 0.6) is 0 Å². The largest absolute Gasteiger partial charge is 0.466 e. The summed E-state index contributed by atoms with van der Waals surface area (Å²) in [6, 6.07) is 8.27. The maximum atomic E-state index is 10.4. The molecular weight excluding hydrogens is 224 g/mol. The van der Waals surface area contributed by atoms with E-state index in [1.54, 1.807) is 0 Å². The van der Waals surface area contributed by atoms with Crippen molar-refractivity contribution >= 4 is 0 Å². The first-order valence-corrected chi connectivity index (χ1v) is 6.29. The van der Waals surface area contributed by atoms with Gasteiger partial charge in [-0.25, -0.2) is 0 Å². The Morgan fingerprint density at radius 1 is 1.00 bits per heavy atom. The molecule has 96 valence electrons. The normalized spacial score (nSPS) is 12.7. The summed E-state index contributed by atoms with van der Waals surface area (Å²) in [5.74, 6) is 1.72. The number of furan rings is 1.